The Morgan fingerprint density at radius 1 is 0.769 bits per heavy atom. The lowest BCUT2D eigenvalue weighted by atomic mass is 9.67. The average Bonchev–Trinajstić information content (AvgIpc) is 2.47. The van der Waals surface area contributed by atoms with Crippen molar-refractivity contribution < 1.29 is 9.59 Å². The third-order valence-corrected chi connectivity index (χ3v) is 3.76. The smallest absolute Gasteiger partial charge is 0.167 e. The van der Waals surface area contributed by atoms with Crippen LogP contribution in [0.2, 0.25) is 0 Å². The summed E-state index contributed by atoms with van der Waals surface area (Å²) < 4.78 is 0. The molecule has 2 bridgehead atoms. The highest BCUT2D eigenvalue weighted by atomic mass is 16.2. The van der Waals surface area contributed by atoms with Gasteiger partial charge in [0.1, 0.15) is 0 Å². The summed E-state index contributed by atoms with van der Waals surface area (Å²) in [6, 6.07) is 0. The molecule has 0 aliphatic heterocycles. The zero-order chi connectivity index (χ0) is 9.00. The van der Waals surface area contributed by atoms with Gasteiger partial charge in [0.2, 0.25) is 0 Å². The molecule has 0 aromatic rings. The van der Waals surface area contributed by atoms with E-state index < -0.39 is 0 Å². The van der Waals surface area contributed by atoms with Crippen molar-refractivity contribution in [1.29, 1.82) is 0 Å². The molecule has 4 aliphatic rings. The van der Waals surface area contributed by atoms with Gasteiger partial charge in [-0.3, -0.25) is 9.59 Å². The number of Topliss-reactive ketones (excluding diaryl/α,β-unsaturated/α-hetero) is 2. The maximum absolute atomic E-state index is 11.5. The number of carbonyl (C=O) groups excluding carboxylic acids is 2. The maximum atomic E-state index is 11.5. The van der Waals surface area contributed by atoms with Gasteiger partial charge in [0.05, 0.1) is 6.42 Å². The molecule has 0 atom stereocenters. The molecule has 0 unspecified atom stereocenters. The number of hydrogen-bond donors (Lipinski definition) is 0. The second-order valence-corrected chi connectivity index (χ2v) is 4.40. The summed E-state index contributed by atoms with van der Waals surface area (Å²) in [5.74, 6) is 1.15. The summed E-state index contributed by atoms with van der Waals surface area (Å²) in [6.45, 7) is 0. The minimum Gasteiger partial charge on any atom is -0.294 e. The Hall–Kier alpha value is -0.920. The molecule has 0 amide bonds. The molecule has 0 radical (unpaired) electrons. The molecular formula is C11H12O2. The van der Waals surface area contributed by atoms with E-state index in [1.807, 2.05) is 0 Å². The minimum absolute atomic E-state index is 0.134. The molecule has 68 valence electrons. The largest absolute Gasteiger partial charge is 0.294 e. The Morgan fingerprint density at radius 3 is 1.54 bits per heavy atom. The van der Waals surface area contributed by atoms with Gasteiger partial charge in [-0.1, -0.05) is 0 Å². The fraction of sp³-hybridized carbons (Fsp3) is 0.636. The second kappa shape index (κ2) is 2.31. The van der Waals surface area contributed by atoms with Crippen molar-refractivity contribution in [3.8, 4) is 0 Å². The van der Waals surface area contributed by atoms with Gasteiger partial charge in [-0.15, -0.1) is 0 Å². The number of rotatable bonds is 0. The Labute approximate surface area is 77.0 Å². The summed E-state index contributed by atoms with van der Waals surface area (Å²) in [4.78, 5) is 23.1. The topological polar surface area (TPSA) is 34.1 Å². The Morgan fingerprint density at radius 2 is 1.15 bits per heavy atom. The summed E-state index contributed by atoms with van der Waals surface area (Å²) in [6.07, 6.45) is 4.74. The SMILES string of the molecule is O=C1CC(=O)C2=C1C1CCC2CC1. The van der Waals surface area contributed by atoms with Gasteiger partial charge in [0.15, 0.2) is 11.6 Å². The zero-order valence-corrected chi connectivity index (χ0v) is 7.51. The van der Waals surface area contributed by atoms with Gasteiger partial charge in [-0.05, 0) is 37.5 Å². The Balaban J connectivity index is 2.17. The summed E-state index contributed by atoms with van der Waals surface area (Å²) in [7, 11) is 0. The van der Waals surface area contributed by atoms with Crippen LogP contribution in [0.1, 0.15) is 32.1 Å². The molecule has 0 heterocycles. The normalized spacial score (nSPS) is 37.2. The summed E-state index contributed by atoms with van der Waals surface area (Å²) in [5, 5.41) is 0. The van der Waals surface area contributed by atoms with E-state index in [4.69, 9.17) is 0 Å². The molecule has 0 aromatic heterocycles. The van der Waals surface area contributed by atoms with Crippen LogP contribution in [0.3, 0.4) is 0 Å². The number of hydrogen-bond acceptors (Lipinski definition) is 2. The lowest BCUT2D eigenvalue weighted by Gasteiger charge is -2.36. The predicted molar refractivity (Wildman–Crippen MR) is 47.1 cm³/mol. The molecule has 0 N–H and O–H groups in total. The minimum atomic E-state index is 0.134. The first-order valence-corrected chi connectivity index (χ1v) is 5.08. The molecule has 0 aromatic carbocycles. The number of ketones is 2. The zero-order valence-electron chi connectivity index (χ0n) is 7.51. The van der Waals surface area contributed by atoms with E-state index in [-0.39, 0.29) is 18.0 Å². The molecular weight excluding hydrogens is 164 g/mol. The fourth-order valence-electron chi connectivity index (χ4n) is 3.20. The van der Waals surface area contributed by atoms with Gasteiger partial charge in [-0.25, -0.2) is 0 Å². The quantitative estimate of drug-likeness (QED) is 0.526. The van der Waals surface area contributed by atoms with Gasteiger partial charge in [0, 0.05) is 11.1 Å². The maximum Gasteiger partial charge on any atom is 0.167 e. The van der Waals surface area contributed by atoms with Crippen molar-refractivity contribution in [3.05, 3.63) is 11.1 Å². The average molecular weight is 176 g/mol. The van der Waals surface area contributed by atoms with Gasteiger partial charge in [-0.2, -0.15) is 0 Å². The first-order valence-electron chi connectivity index (χ1n) is 5.08. The van der Waals surface area contributed by atoms with Crippen LogP contribution in [0, 0.1) is 11.8 Å². The molecule has 0 saturated heterocycles. The second-order valence-electron chi connectivity index (χ2n) is 4.40. The molecule has 1 fully saturated rings. The van der Waals surface area contributed by atoms with Crippen LogP contribution in [0.5, 0.6) is 0 Å². The van der Waals surface area contributed by atoms with Crippen molar-refractivity contribution in [3.63, 3.8) is 0 Å². The van der Waals surface area contributed by atoms with Crippen LogP contribution in [-0.2, 0) is 9.59 Å². The van der Waals surface area contributed by atoms with Gasteiger partial charge >= 0.3 is 0 Å². The Kier molecular flexibility index (Phi) is 1.33. The monoisotopic (exact) mass is 176 g/mol. The highest BCUT2D eigenvalue weighted by molar-refractivity contribution is 6.23. The Bertz CT molecular complexity index is 298. The van der Waals surface area contributed by atoms with Crippen molar-refractivity contribution in [1.82, 2.24) is 0 Å². The van der Waals surface area contributed by atoms with Crippen LogP contribution in [0.4, 0.5) is 0 Å². The van der Waals surface area contributed by atoms with E-state index in [1.54, 1.807) is 0 Å². The van der Waals surface area contributed by atoms with Crippen molar-refractivity contribution in [2.24, 2.45) is 11.8 Å². The summed E-state index contributed by atoms with van der Waals surface area (Å²) in [5.41, 5.74) is 1.88. The highest BCUT2D eigenvalue weighted by Gasteiger charge is 2.44. The third-order valence-electron chi connectivity index (χ3n) is 3.76. The first kappa shape index (κ1) is 7.48. The first-order chi connectivity index (χ1) is 6.27. The highest BCUT2D eigenvalue weighted by Crippen LogP contribution is 2.48. The van der Waals surface area contributed by atoms with Gasteiger partial charge < -0.3 is 0 Å². The number of fused-ring (bicyclic) bond motifs is 2. The van der Waals surface area contributed by atoms with Crippen molar-refractivity contribution in [2.45, 2.75) is 32.1 Å². The molecule has 4 rings (SSSR count). The van der Waals surface area contributed by atoms with Crippen LogP contribution in [0.25, 0.3) is 0 Å². The van der Waals surface area contributed by atoms with Crippen molar-refractivity contribution >= 4 is 11.6 Å². The van der Waals surface area contributed by atoms with Crippen LogP contribution < -0.4 is 0 Å². The van der Waals surface area contributed by atoms with E-state index in [0.29, 0.717) is 11.8 Å². The van der Waals surface area contributed by atoms with Crippen LogP contribution >= 0.6 is 0 Å². The molecule has 0 spiro atoms. The molecule has 2 heteroatoms. The lowest BCUT2D eigenvalue weighted by Crippen LogP contribution is -2.27. The summed E-state index contributed by atoms with van der Waals surface area (Å²) >= 11 is 0. The van der Waals surface area contributed by atoms with Crippen molar-refractivity contribution in [2.75, 3.05) is 0 Å². The molecule has 1 saturated carbocycles. The number of allylic oxidation sites excluding steroid dienone is 2. The number of carbonyl (C=O) groups is 2. The lowest BCUT2D eigenvalue weighted by molar-refractivity contribution is -0.121. The fourth-order valence-corrected chi connectivity index (χ4v) is 3.20. The molecule has 13 heavy (non-hydrogen) atoms. The van der Waals surface area contributed by atoms with Gasteiger partial charge in [0.25, 0.3) is 0 Å². The predicted octanol–water partition coefficient (Wildman–Crippen LogP) is 1.64. The van der Waals surface area contributed by atoms with E-state index >= 15 is 0 Å². The molecule has 2 nitrogen and oxygen atoms in total. The van der Waals surface area contributed by atoms with Crippen LogP contribution in [0.15, 0.2) is 11.1 Å². The van der Waals surface area contributed by atoms with Crippen LogP contribution in [-0.4, -0.2) is 11.6 Å². The standard InChI is InChI=1S/C11H12O2/c12-8-5-9(13)11-7-2-1-6(3-4-7)10(8)11/h6-7H,1-5H2. The van der Waals surface area contributed by atoms with E-state index in [1.165, 1.54) is 0 Å². The third kappa shape index (κ3) is 0.835. The van der Waals surface area contributed by atoms with E-state index in [9.17, 15) is 9.59 Å². The molecule has 4 aliphatic carbocycles. The van der Waals surface area contributed by atoms with E-state index in [2.05, 4.69) is 0 Å². The van der Waals surface area contributed by atoms with E-state index in [0.717, 1.165) is 36.8 Å².